The van der Waals surface area contributed by atoms with Gasteiger partial charge in [0.05, 0.1) is 0 Å². The lowest BCUT2D eigenvalue weighted by molar-refractivity contribution is -0.149. The maximum absolute atomic E-state index is 12.6. The van der Waals surface area contributed by atoms with E-state index in [-0.39, 0.29) is 0 Å². The van der Waals surface area contributed by atoms with Crippen molar-refractivity contribution in [1.29, 1.82) is 0 Å². The molecule has 0 aliphatic rings. The molecule has 1 aromatic rings. The van der Waals surface area contributed by atoms with E-state index in [0.717, 1.165) is 12.3 Å². The minimum atomic E-state index is -4.41. The molecule has 102 valence electrons. The van der Waals surface area contributed by atoms with E-state index in [1.807, 2.05) is 0 Å². The highest BCUT2D eigenvalue weighted by Crippen LogP contribution is 2.25. The number of primary sulfonamides is 1. The second-order valence-corrected chi connectivity index (χ2v) is 4.73. The molecular formula is C8H8F4N2O3S. The Bertz CT molecular complexity index is 521. The smallest absolute Gasteiger partial charge is 0.340 e. The van der Waals surface area contributed by atoms with Gasteiger partial charge in [-0.15, -0.1) is 0 Å². The van der Waals surface area contributed by atoms with Gasteiger partial charge in [-0.25, -0.2) is 27.3 Å². The average molecular weight is 288 g/mol. The molecule has 0 bridgehead atoms. The first-order valence-corrected chi connectivity index (χ1v) is 5.96. The van der Waals surface area contributed by atoms with Crippen LogP contribution in [0.5, 0.6) is 5.88 Å². The molecule has 0 amide bonds. The van der Waals surface area contributed by atoms with Crippen molar-refractivity contribution in [2.45, 2.75) is 17.2 Å². The number of alkyl halides is 4. The van der Waals surface area contributed by atoms with Gasteiger partial charge in [-0.1, -0.05) is 0 Å². The number of hydrogen-bond donors (Lipinski definition) is 1. The van der Waals surface area contributed by atoms with Crippen LogP contribution in [-0.2, 0) is 10.0 Å². The van der Waals surface area contributed by atoms with E-state index in [4.69, 9.17) is 5.14 Å². The van der Waals surface area contributed by atoms with Crippen molar-refractivity contribution in [3.05, 3.63) is 18.3 Å². The zero-order valence-electron chi connectivity index (χ0n) is 8.69. The van der Waals surface area contributed by atoms with E-state index >= 15 is 0 Å². The lowest BCUT2D eigenvalue weighted by Gasteiger charge is -2.16. The van der Waals surface area contributed by atoms with Crippen LogP contribution >= 0.6 is 0 Å². The molecular weight excluding hydrogens is 280 g/mol. The van der Waals surface area contributed by atoms with Gasteiger partial charge in [-0.3, -0.25) is 0 Å². The van der Waals surface area contributed by atoms with Crippen LogP contribution < -0.4 is 9.88 Å². The van der Waals surface area contributed by atoms with Crippen LogP contribution in [0.3, 0.4) is 0 Å². The van der Waals surface area contributed by atoms with Crippen LogP contribution in [0.1, 0.15) is 0 Å². The minimum absolute atomic E-state index is 0.657. The summed E-state index contributed by atoms with van der Waals surface area (Å²) >= 11 is 0. The molecule has 0 saturated carbocycles. The van der Waals surface area contributed by atoms with Crippen LogP contribution in [-0.4, -0.2) is 32.4 Å². The van der Waals surface area contributed by atoms with Crippen molar-refractivity contribution in [3.8, 4) is 5.88 Å². The molecule has 0 unspecified atom stereocenters. The van der Waals surface area contributed by atoms with Crippen LogP contribution in [0.25, 0.3) is 0 Å². The molecule has 5 nitrogen and oxygen atoms in total. The van der Waals surface area contributed by atoms with Crippen LogP contribution in [0.2, 0.25) is 0 Å². The van der Waals surface area contributed by atoms with E-state index in [1.54, 1.807) is 0 Å². The second kappa shape index (κ2) is 5.06. The molecule has 0 atom stereocenters. The highest BCUT2D eigenvalue weighted by Gasteiger charge is 2.42. The summed E-state index contributed by atoms with van der Waals surface area (Å²) in [7, 11) is -4.24. The number of hydrogen-bond acceptors (Lipinski definition) is 4. The molecule has 1 aromatic heterocycles. The van der Waals surface area contributed by atoms with Gasteiger partial charge in [0.2, 0.25) is 15.9 Å². The molecule has 2 N–H and O–H groups in total. The normalized spacial score (nSPS) is 12.8. The highest BCUT2D eigenvalue weighted by atomic mass is 32.2. The Hall–Kier alpha value is -1.42. The largest absolute Gasteiger partial charge is 0.470 e. The predicted octanol–water partition coefficient (Wildman–Crippen LogP) is 1.01. The van der Waals surface area contributed by atoms with Crippen molar-refractivity contribution in [2.75, 3.05) is 6.61 Å². The van der Waals surface area contributed by atoms with Crippen LogP contribution in [0.4, 0.5) is 17.6 Å². The summed E-state index contributed by atoms with van der Waals surface area (Å²) in [6, 6.07) is 2.13. The Morgan fingerprint density at radius 1 is 1.44 bits per heavy atom. The number of nitrogens with zero attached hydrogens (tertiary/aromatic N) is 1. The first-order chi connectivity index (χ1) is 8.14. The Labute approximate surface area is 99.6 Å². The van der Waals surface area contributed by atoms with E-state index < -0.39 is 39.8 Å². The quantitative estimate of drug-likeness (QED) is 0.820. The van der Waals surface area contributed by atoms with Gasteiger partial charge in [-0.2, -0.15) is 8.78 Å². The van der Waals surface area contributed by atoms with E-state index in [2.05, 4.69) is 9.72 Å². The van der Waals surface area contributed by atoms with Crippen molar-refractivity contribution in [1.82, 2.24) is 4.98 Å². The molecule has 0 fully saturated rings. The summed E-state index contributed by atoms with van der Waals surface area (Å²) in [5.74, 6) is -5.16. The van der Waals surface area contributed by atoms with Gasteiger partial charge in [0, 0.05) is 6.20 Å². The van der Waals surface area contributed by atoms with Crippen LogP contribution in [0, 0.1) is 0 Å². The first-order valence-electron chi connectivity index (χ1n) is 4.41. The maximum Gasteiger partial charge on any atom is 0.340 e. The summed E-state index contributed by atoms with van der Waals surface area (Å²) < 4.78 is 75.2. The number of sulfonamides is 1. The Kier molecular flexibility index (Phi) is 4.12. The fourth-order valence-electron chi connectivity index (χ4n) is 0.929. The van der Waals surface area contributed by atoms with Crippen molar-refractivity contribution in [2.24, 2.45) is 5.14 Å². The molecule has 0 aromatic carbocycles. The highest BCUT2D eigenvalue weighted by molar-refractivity contribution is 7.89. The van der Waals surface area contributed by atoms with Gasteiger partial charge >= 0.3 is 12.3 Å². The third kappa shape index (κ3) is 3.53. The summed E-state index contributed by atoms with van der Waals surface area (Å²) in [5, 5.41) is 4.77. The van der Waals surface area contributed by atoms with E-state index in [1.165, 1.54) is 6.07 Å². The number of aromatic nitrogens is 1. The number of nitrogens with two attached hydrogens (primary N) is 1. The second-order valence-electron chi connectivity index (χ2n) is 3.20. The molecule has 10 heteroatoms. The summed E-state index contributed by atoms with van der Waals surface area (Å²) in [5.41, 5.74) is 0. The third-order valence-electron chi connectivity index (χ3n) is 1.76. The fourth-order valence-corrected chi connectivity index (χ4v) is 1.55. The molecule has 1 rings (SSSR count). The van der Waals surface area contributed by atoms with Crippen molar-refractivity contribution >= 4 is 10.0 Å². The number of pyridine rings is 1. The lowest BCUT2D eigenvalue weighted by atomic mass is 10.4. The molecule has 0 saturated heterocycles. The van der Waals surface area contributed by atoms with E-state index in [0.29, 0.717) is 0 Å². The molecule has 0 spiro atoms. The van der Waals surface area contributed by atoms with Gasteiger partial charge in [0.25, 0.3) is 0 Å². The average Bonchev–Trinajstić information content (AvgIpc) is 2.25. The minimum Gasteiger partial charge on any atom is -0.470 e. The van der Waals surface area contributed by atoms with Gasteiger partial charge in [0.1, 0.15) is 4.90 Å². The predicted molar refractivity (Wildman–Crippen MR) is 52.1 cm³/mol. The van der Waals surface area contributed by atoms with Gasteiger partial charge in [-0.05, 0) is 12.1 Å². The summed E-state index contributed by atoms with van der Waals surface area (Å²) in [6.45, 7) is -1.70. The fraction of sp³-hybridized carbons (Fsp3) is 0.375. The topological polar surface area (TPSA) is 82.3 Å². The molecule has 0 radical (unpaired) electrons. The Morgan fingerprint density at radius 2 is 2.06 bits per heavy atom. The maximum atomic E-state index is 12.6. The number of halogens is 4. The lowest BCUT2D eigenvalue weighted by Crippen LogP contribution is -2.34. The standard InChI is InChI=1S/C8H8F4N2O3S/c9-7(10)8(11,12)4-17-6-5(18(13,15)16)2-1-3-14-6/h1-3,7H,4H2,(H2,13,15,16). The molecule has 18 heavy (non-hydrogen) atoms. The molecule has 0 aliphatic heterocycles. The zero-order valence-corrected chi connectivity index (χ0v) is 9.50. The van der Waals surface area contributed by atoms with E-state index in [9.17, 15) is 26.0 Å². The van der Waals surface area contributed by atoms with Crippen molar-refractivity contribution in [3.63, 3.8) is 0 Å². The zero-order chi connectivity index (χ0) is 14.0. The van der Waals surface area contributed by atoms with Gasteiger partial charge < -0.3 is 4.74 Å². The first kappa shape index (κ1) is 14.6. The Morgan fingerprint density at radius 3 is 2.56 bits per heavy atom. The number of ether oxygens (including phenoxy) is 1. The number of rotatable bonds is 5. The monoisotopic (exact) mass is 288 g/mol. The summed E-state index contributed by atoms with van der Waals surface area (Å²) in [6.07, 6.45) is -2.89. The molecule has 0 aliphatic carbocycles. The SMILES string of the molecule is NS(=O)(=O)c1cccnc1OCC(F)(F)C(F)F. The summed E-state index contributed by atoms with van der Waals surface area (Å²) in [4.78, 5) is 2.69. The molecule has 1 heterocycles. The van der Waals surface area contributed by atoms with Crippen LogP contribution in [0.15, 0.2) is 23.2 Å². The van der Waals surface area contributed by atoms with Gasteiger partial charge in [0.15, 0.2) is 6.61 Å². The third-order valence-corrected chi connectivity index (χ3v) is 2.69. The van der Waals surface area contributed by atoms with Crippen molar-refractivity contribution < 1.29 is 30.7 Å². The Balaban J connectivity index is 2.94.